The molecule has 0 bridgehead atoms. The highest BCUT2D eigenvalue weighted by molar-refractivity contribution is 7.51. The van der Waals surface area contributed by atoms with Crippen molar-refractivity contribution in [1.29, 1.82) is 0 Å². The third-order valence-corrected chi connectivity index (χ3v) is 2.68. The predicted octanol–water partition coefficient (Wildman–Crippen LogP) is -0.926. The number of imidazole rings is 1. The van der Waals surface area contributed by atoms with Crippen LogP contribution in [0.1, 0.15) is 0 Å². The normalized spacial score (nSPS) is 12.1. The molecule has 0 aromatic carbocycles. The summed E-state index contributed by atoms with van der Waals surface area (Å²) in [6.45, 7) is -0.283. The van der Waals surface area contributed by atoms with E-state index in [1.54, 1.807) is 0 Å². The van der Waals surface area contributed by atoms with Gasteiger partial charge in [0.25, 0.3) is 0 Å². The molecule has 2 rings (SSSR count). The van der Waals surface area contributed by atoms with Crippen LogP contribution in [0.5, 0.6) is 0 Å². The molecule has 0 atom stereocenters. The van der Waals surface area contributed by atoms with Crippen molar-refractivity contribution in [2.75, 3.05) is 24.6 Å². The van der Waals surface area contributed by atoms with Gasteiger partial charge in [0.1, 0.15) is 19.0 Å². The van der Waals surface area contributed by atoms with E-state index in [2.05, 4.69) is 19.7 Å². The van der Waals surface area contributed by atoms with Crippen molar-refractivity contribution in [1.82, 2.24) is 19.5 Å². The van der Waals surface area contributed by atoms with E-state index in [4.69, 9.17) is 26.0 Å². The van der Waals surface area contributed by atoms with E-state index >= 15 is 0 Å². The molecule has 0 spiro atoms. The van der Waals surface area contributed by atoms with Crippen molar-refractivity contribution < 1.29 is 23.8 Å². The van der Waals surface area contributed by atoms with E-state index in [1.807, 2.05) is 0 Å². The Morgan fingerprint density at radius 1 is 1.30 bits per heavy atom. The molecular formula is C8H13N6O5P. The Morgan fingerprint density at radius 2 is 2.05 bits per heavy atom. The fourth-order valence-electron chi connectivity index (χ4n) is 1.43. The van der Waals surface area contributed by atoms with Crippen LogP contribution in [0.25, 0.3) is 11.2 Å². The van der Waals surface area contributed by atoms with E-state index in [0.29, 0.717) is 11.2 Å². The first-order valence-electron chi connectivity index (χ1n) is 5.31. The monoisotopic (exact) mass is 304 g/mol. The number of aromatic nitrogens is 4. The molecule has 0 unspecified atom stereocenters. The van der Waals surface area contributed by atoms with Gasteiger partial charge >= 0.3 is 7.60 Å². The summed E-state index contributed by atoms with van der Waals surface area (Å²) >= 11 is 0. The average molecular weight is 304 g/mol. The SMILES string of the molecule is Nc1nc(N)c2ncn(COCOCP(=O)(O)O)c2n1. The van der Waals surface area contributed by atoms with Crippen LogP contribution in [0.2, 0.25) is 0 Å². The van der Waals surface area contributed by atoms with E-state index in [-0.39, 0.29) is 25.3 Å². The first-order valence-corrected chi connectivity index (χ1v) is 7.10. The smallest absolute Gasteiger partial charge is 0.351 e. The van der Waals surface area contributed by atoms with Crippen LogP contribution in [0.3, 0.4) is 0 Å². The second-order valence-electron chi connectivity index (χ2n) is 3.80. The third-order valence-electron chi connectivity index (χ3n) is 2.16. The summed E-state index contributed by atoms with van der Waals surface area (Å²) < 4.78 is 21.8. The minimum absolute atomic E-state index is 0.00749. The van der Waals surface area contributed by atoms with Crippen LogP contribution in [0, 0.1) is 0 Å². The highest BCUT2D eigenvalue weighted by atomic mass is 31.2. The Hall–Kier alpha value is -1.78. The molecule has 0 aliphatic heterocycles. The van der Waals surface area contributed by atoms with Crippen LogP contribution >= 0.6 is 7.60 Å². The van der Waals surface area contributed by atoms with E-state index in [9.17, 15) is 4.57 Å². The van der Waals surface area contributed by atoms with E-state index < -0.39 is 13.9 Å². The molecule has 11 nitrogen and oxygen atoms in total. The Balaban J connectivity index is 1.95. The maximum absolute atomic E-state index is 10.5. The predicted molar refractivity (Wildman–Crippen MR) is 68.1 cm³/mol. The number of nitrogen functional groups attached to an aromatic ring is 2. The Bertz CT molecular complexity index is 654. The van der Waals surface area contributed by atoms with Crippen molar-refractivity contribution in [2.24, 2.45) is 0 Å². The average Bonchev–Trinajstić information content (AvgIpc) is 2.70. The molecule has 0 amide bonds. The molecule has 0 aliphatic rings. The first-order chi connectivity index (χ1) is 9.37. The zero-order chi connectivity index (χ0) is 14.8. The summed E-state index contributed by atoms with van der Waals surface area (Å²) in [5.74, 6) is 0.165. The van der Waals surface area contributed by atoms with Gasteiger partial charge < -0.3 is 30.7 Å². The van der Waals surface area contributed by atoms with Crippen LogP contribution in [0.4, 0.5) is 11.8 Å². The molecule has 0 aliphatic carbocycles. The summed E-state index contributed by atoms with van der Waals surface area (Å²) in [4.78, 5) is 28.9. The minimum Gasteiger partial charge on any atom is -0.382 e. The first kappa shape index (κ1) is 14.6. The van der Waals surface area contributed by atoms with Crippen molar-refractivity contribution in [3.05, 3.63) is 6.33 Å². The number of nitrogens with zero attached hydrogens (tertiary/aromatic N) is 4. The molecule has 0 radical (unpaired) electrons. The van der Waals surface area contributed by atoms with Crippen molar-refractivity contribution >= 4 is 30.5 Å². The topological polar surface area (TPSA) is 172 Å². The van der Waals surface area contributed by atoms with E-state index in [1.165, 1.54) is 10.9 Å². The molecule has 0 fully saturated rings. The molecule has 0 saturated heterocycles. The number of hydrogen-bond acceptors (Lipinski definition) is 8. The van der Waals surface area contributed by atoms with Crippen LogP contribution in [0.15, 0.2) is 6.33 Å². The number of hydrogen-bond donors (Lipinski definition) is 4. The molecular weight excluding hydrogens is 291 g/mol. The zero-order valence-corrected chi connectivity index (χ0v) is 11.1. The summed E-state index contributed by atoms with van der Waals surface area (Å²) in [7, 11) is -4.19. The molecule has 2 aromatic heterocycles. The highest BCUT2D eigenvalue weighted by Crippen LogP contribution is 2.33. The lowest BCUT2D eigenvalue weighted by molar-refractivity contribution is -0.0676. The van der Waals surface area contributed by atoms with Crippen LogP contribution in [-0.2, 0) is 20.8 Å². The maximum Gasteiger partial charge on any atom is 0.351 e. The molecule has 110 valence electrons. The zero-order valence-electron chi connectivity index (χ0n) is 10.2. The van der Waals surface area contributed by atoms with Gasteiger partial charge in [-0.15, -0.1) is 0 Å². The van der Waals surface area contributed by atoms with Gasteiger partial charge in [-0.2, -0.15) is 9.97 Å². The maximum atomic E-state index is 10.5. The Morgan fingerprint density at radius 3 is 2.75 bits per heavy atom. The summed E-state index contributed by atoms with van der Waals surface area (Å²) in [6.07, 6.45) is 0.720. The Labute approximate surface area is 112 Å². The van der Waals surface area contributed by atoms with Gasteiger partial charge in [-0.25, -0.2) is 4.98 Å². The number of rotatable bonds is 6. The second-order valence-corrected chi connectivity index (χ2v) is 5.39. The molecule has 2 aromatic rings. The lowest BCUT2D eigenvalue weighted by atomic mass is 10.5. The summed E-state index contributed by atoms with van der Waals surface area (Å²) in [6, 6.07) is 0. The van der Waals surface area contributed by atoms with Crippen molar-refractivity contribution in [3.8, 4) is 0 Å². The third kappa shape index (κ3) is 3.62. The molecule has 12 heteroatoms. The molecule has 20 heavy (non-hydrogen) atoms. The quantitative estimate of drug-likeness (QED) is 0.297. The largest absolute Gasteiger partial charge is 0.382 e. The standard InChI is InChI=1S/C8H13N6O5P/c9-6-5-7(13-8(10)12-6)14(1-11-5)2-18-3-19-4-20(15,16)17/h1H,2-4H2,(H2,15,16,17)(H4,9,10,12,13). The Kier molecular flexibility index (Phi) is 4.16. The van der Waals surface area contributed by atoms with Gasteiger partial charge in [-0.05, 0) is 0 Å². The lowest BCUT2D eigenvalue weighted by Crippen LogP contribution is -2.08. The van der Waals surface area contributed by atoms with Gasteiger partial charge in [0.05, 0.1) is 6.33 Å². The number of fused-ring (bicyclic) bond motifs is 1. The van der Waals surface area contributed by atoms with Crippen LogP contribution in [-0.4, -0.2) is 42.4 Å². The van der Waals surface area contributed by atoms with Crippen LogP contribution < -0.4 is 11.5 Å². The van der Waals surface area contributed by atoms with Gasteiger partial charge in [-0.1, -0.05) is 0 Å². The number of anilines is 2. The number of nitrogens with two attached hydrogens (primary N) is 2. The summed E-state index contributed by atoms with van der Waals surface area (Å²) in [5.41, 5.74) is 11.9. The fourth-order valence-corrected chi connectivity index (χ4v) is 1.74. The lowest BCUT2D eigenvalue weighted by Gasteiger charge is -2.08. The van der Waals surface area contributed by atoms with Gasteiger partial charge in [0.15, 0.2) is 17.8 Å². The number of ether oxygens (including phenoxy) is 2. The minimum atomic E-state index is -4.19. The molecule has 2 heterocycles. The van der Waals surface area contributed by atoms with Crippen molar-refractivity contribution in [3.63, 3.8) is 0 Å². The van der Waals surface area contributed by atoms with Crippen molar-refractivity contribution in [2.45, 2.75) is 6.73 Å². The summed E-state index contributed by atoms with van der Waals surface area (Å²) in [5, 5.41) is 0. The van der Waals surface area contributed by atoms with Gasteiger partial charge in [-0.3, -0.25) is 9.13 Å². The second kappa shape index (κ2) is 5.69. The molecule has 0 saturated carbocycles. The molecule has 6 N–H and O–H groups in total. The van der Waals surface area contributed by atoms with Gasteiger partial charge in [0.2, 0.25) is 5.95 Å². The fraction of sp³-hybridized carbons (Fsp3) is 0.375. The van der Waals surface area contributed by atoms with Gasteiger partial charge in [0, 0.05) is 0 Å². The highest BCUT2D eigenvalue weighted by Gasteiger charge is 2.13. The van der Waals surface area contributed by atoms with E-state index in [0.717, 1.165) is 0 Å².